The third-order valence-corrected chi connectivity index (χ3v) is 4.63. The summed E-state index contributed by atoms with van der Waals surface area (Å²) in [5.41, 5.74) is 7.40. The van der Waals surface area contributed by atoms with Gasteiger partial charge in [-0.25, -0.2) is 4.98 Å². The Morgan fingerprint density at radius 3 is 2.86 bits per heavy atom. The van der Waals surface area contributed by atoms with E-state index >= 15 is 0 Å². The number of anilines is 2. The molecule has 0 spiro atoms. The third-order valence-electron chi connectivity index (χ3n) is 4.63. The van der Waals surface area contributed by atoms with E-state index in [-0.39, 0.29) is 24.5 Å². The van der Waals surface area contributed by atoms with Gasteiger partial charge in [0.25, 0.3) is 0 Å². The van der Waals surface area contributed by atoms with Gasteiger partial charge in [0.2, 0.25) is 5.95 Å². The second-order valence-electron chi connectivity index (χ2n) is 6.16. The van der Waals surface area contributed by atoms with Gasteiger partial charge in [-0.15, -0.1) is 0 Å². The molecule has 2 aliphatic carbocycles. The lowest BCUT2D eigenvalue weighted by Crippen LogP contribution is -2.27. The summed E-state index contributed by atoms with van der Waals surface area (Å²) in [6.45, 7) is 0.172. The maximum atomic E-state index is 9.28. The molecule has 2 heterocycles. The van der Waals surface area contributed by atoms with Crippen LogP contribution in [-0.2, 0) is 0 Å². The lowest BCUT2D eigenvalue weighted by atomic mass is 9.93. The fourth-order valence-electron chi connectivity index (χ4n) is 3.12. The smallest absolute Gasteiger partial charge is 0.224 e. The van der Waals surface area contributed by atoms with Crippen molar-refractivity contribution in [2.24, 2.45) is 5.92 Å². The summed E-state index contributed by atoms with van der Waals surface area (Å²) in [7, 11) is 0. The van der Waals surface area contributed by atoms with Crippen LogP contribution in [-0.4, -0.2) is 37.3 Å². The van der Waals surface area contributed by atoms with Gasteiger partial charge in [0.1, 0.15) is 0 Å². The highest BCUT2D eigenvalue weighted by molar-refractivity contribution is 5.84. The summed E-state index contributed by atoms with van der Waals surface area (Å²) in [5, 5.41) is 12.7. The second kappa shape index (κ2) is 5.24. The lowest BCUT2D eigenvalue weighted by molar-refractivity contribution is 0.244. The van der Waals surface area contributed by atoms with Crippen molar-refractivity contribution in [3.8, 4) is 0 Å². The summed E-state index contributed by atoms with van der Waals surface area (Å²) < 4.78 is 2.02. The van der Waals surface area contributed by atoms with E-state index in [1.165, 1.54) is 6.42 Å². The predicted octanol–water partition coefficient (Wildman–Crippen LogP) is 1.48. The molecule has 2 aliphatic rings. The number of rotatable bonds is 4. The van der Waals surface area contributed by atoms with Crippen LogP contribution < -0.4 is 11.1 Å². The van der Waals surface area contributed by atoms with E-state index in [0.717, 1.165) is 36.2 Å². The van der Waals surface area contributed by atoms with Crippen LogP contribution in [0.5, 0.6) is 0 Å². The molecule has 2 aromatic heterocycles. The minimum atomic E-state index is 0.160. The fraction of sp³-hybridized carbons (Fsp3) is 0.533. The Bertz CT molecular complexity index is 720. The SMILES string of the molecule is Nc1nc(NC2CCC2)c2ncn([C@H]3C=C[C@@H](CO)C3)c2n1. The molecule has 116 valence electrons. The number of hydrogen-bond acceptors (Lipinski definition) is 6. The van der Waals surface area contributed by atoms with Crippen LogP contribution in [0.2, 0.25) is 0 Å². The Morgan fingerprint density at radius 1 is 1.32 bits per heavy atom. The van der Waals surface area contributed by atoms with Gasteiger partial charge in [-0.3, -0.25) is 0 Å². The number of nitrogens with zero attached hydrogens (tertiary/aromatic N) is 4. The first-order valence-electron chi connectivity index (χ1n) is 7.80. The van der Waals surface area contributed by atoms with E-state index in [0.29, 0.717) is 6.04 Å². The number of imidazole rings is 1. The van der Waals surface area contributed by atoms with Gasteiger partial charge in [0.15, 0.2) is 17.0 Å². The summed E-state index contributed by atoms with van der Waals surface area (Å²) in [6, 6.07) is 0.626. The van der Waals surface area contributed by atoms with Gasteiger partial charge in [0.05, 0.1) is 12.4 Å². The monoisotopic (exact) mass is 300 g/mol. The molecule has 0 bridgehead atoms. The zero-order valence-corrected chi connectivity index (χ0v) is 12.3. The molecule has 4 rings (SSSR count). The van der Waals surface area contributed by atoms with Gasteiger partial charge >= 0.3 is 0 Å². The van der Waals surface area contributed by atoms with Gasteiger partial charge in [0, 0.05) is 18.6 Å². The minimum Gasteiger partial charge on any atom is -0.396 e. The number of nitrogen functional groups attached to an aromatic ring is 1. The van der Waals surface area contributed by atoms with E-state index in [2.05, 4.69) is 32.4 Å². The summed E-state index contributed by atoms with van der Waals surface area (Å²) in [4.78, 5) is 13.2. The average molecular weight is 300 g/mol. The van der Waals surface area contributed by atoms with Crippen molar-refractivity contribution >= 4 is 22.9 Å². The molecule has 2 atom stereocenters. The first-order valence-corrected chi connectivity index (χ1v) is 7.80. The molecular formula is C15H20N6O. The van der Waals surface area contributed by atoms with E-state index in [9.17, 15) is 5.11 Å². The van der Waals surface area contributed by atoms with Gasteiger partial charge in [-0.2, -0.15) is 9.97 Å². The van der Waals surface area contributed by atoms with Crippen molar-refractivity contribution in [2.75, 3.05) is 17.7 Å². The van der Waals surface area contributed by atoms with E-state index in [4.69, 9.17) is 5.73 Å². The molecule has 22 heavy (non-hydrogen) atoms. The minimum absolute atomic E-state index is 0.160. The Balaban J connectivity index is 1.70. The number of hydrogen-bond donors (Lipinski definition) is 3. The Hall–Kier alpha value is -2.15. The topological polar surface area (TPSA) is 102 Å². The summed E-state index contributed by atoms with van der Waals surface area (Å²) >= 11 is 0. The molecule has 1 fully saturated rings. The Kier molecular flexibility index (Phi) is 3.22. The zero-order valence-electron chi connectivity index (χ0n) is 12.3. The number of aliphatic hydroxyl groups is 1. The van der Waals surface area contributed by atoms with Crippen molar-refractivity contribution in [2.45, 2.75) is 37.8 Å². The normalized spacial score (nSPS) is 24.8. The molecule has 0 aliphatic heterocycles. The number of allylic oxidation sites excluding steroid dienone is 1. The van der Waals surface area contributed by atoms with E-state index < -0.39 is 0 Å². The molecule has 2 aromatic rings. The summed E-state index contributed by atoms with van der Waals surface area (Å²) in [6.07, 6.45) is 10.4. The number of aromatic nitrogens is 4. The van der Waals surface area contributed by atoms with Gasteiger partial charge < -0.3 is 20.7 Å². The number of fused-ring (bicyclic) bond motifs is 1. The fourth-order valence-corrected chi connectivity index (χ4v) is 3.12. The second-order valence-corrected chi connectivity index (χ2v) is 6.16. The maximum Gasteiger partial charge on any atom is 0.224 e. The maximum absolute atomic E-state index is 9.28. The van der Waals surface area contributed by atoms with E-state index in [1.807, 2.05) is 4.57 Å². The van der Waals surface area contributed by atoms with Crippen molar-refractivity contribution in [3.63, 3.8) is 0 Å². The first-order chi connectivity index (χ1) is 10.7. The molecule has 0 unspecified atom stereocenters. The van der Waals surface area contributed by atoms with Gasteiger partial charge in [-0.1, -0.05) is 12.2 Å². The quantitative estimate of drug-likeness (QED) is 0.739. The highest BCUT2D eigenvalue weighted by Gasteiger charge is 2.24. The Labute approximate surface area is 128 Å². The van der Waals surface area contributed by atoms with Crippen molar-refractivity contribution in [3.05, 3.63) is 18.5 Å². The molecule has 4 N–H and O–H groups in total. The number of nitrogens with two attached hydrogens (primary N) is 1. The molecule has 7 nitrogen and oxygen atoms in total. The molecule has 0 amide bonds. The zero-order chi connectivity index (χ0) is 15.1. The lowest BCUT2D eigenvalue weighted by Gasteiger charge is -2.26. The van der Waals surface area contributed by atoms with Crippen LogP contribution in [0, 0.1) is 5.92 Å². The van der Waals surface area contributed by atoms with E-state index in [1.54, 1.807) is 6.33 Å². The van der Waals surface area contributed by atoms with Crippen LogP contribution >= 0.6 is 0 Å². The number of nitrogens with one attached hydrogen (secondary N) is 1. The molecular weight excluding hydrogens is 280 g/mol. The summed E-state index contributed by atoms with van der Waals surface area (Å²) in [5.74, 6) is 1.19. The predicted molar refractivity (Wildman–Crippen MR) is 84.4 cm³/mol. The third kappa shape index (κ3) is 2.21. The van der Waals surface area contributed by atoms with Crippen molar-refractivity contribution in [1.29, 1.82) is 0 Å². The molecule has 0 radical (unpaired) electrons. The molecule has 0 aromatic carbocycles. The van der Waals surface area contributed by atoms with Gasteiger partial charge in [-0.05, 0) is 25.7 Å². The molecule has 1 saturated carbocycles. The highest BCUT2D eigenvalue weighted by Crippen LogP contribution is 2.32. The largest absolute Gasteiger partial charge is 0.396 e. The average Bonchev–Trinajstić information content (AvgIpc) is 3.08. The highest BCUT2D eigenvalue weighted by atomic mass is 16.3. The van der Waals surface area contributed by atoms with Crippen LogP contribution in [0.4, 0.5) is 11.8 Å². The molecule has 7 heteroatoms. The van der Waals surface area contributed by atoms with Crippen molar-refractivity contribution in [1.82, 2.24) is 19.5 Å². The molecule has 0 saturated heterocycles. The van der Waals surface area contributed by atoms with Crippen LogP contribution in [0.15, 0.2) is 18.5 Å². The van der Waals surface area contributed by atoms with Crippen LogP contribution in [0.25, 0.3) is 11.2 Å². The van der Waals surface area contributed by atoms with Crippen LogP contribution in [0.3, 0.4) is 0 Å². The Morgan fingerprint density at radius 2 is 2.18 bits per heavy atom. The van der Waals surface area contributed by atoms with Crippen LogP contribution in [0.1, 0.15) is 31.7 Å². The van der Waals surface area contributed by atoms with Crippen molar-refractivity contribution < 1.29 is 5.11 Å². The standard InChI is InChI=1S/C15H20N6O/c16-15-19-13(18-10-2-1-3-10)12-14(20-15)21(8-17-12)11-5-4-9(6-11)7-22/h4-5,8-11,22H,1-3,6-7H2,(H3,16,18,19,20)/t9-,11+/m1/s1. The first kappa shape index (κ1) is 13.5. The number of aliphatic hydroxyl groups excluding tert-OH is 1.